The monoisotopic (exact) mass is 385 g/mol. The molecule has 0 radical (unpaired) electrons. The maximum absolute atomic E-state index is 11.7. The number of methoxy groups -OCH3 is 2. The van der Waals surface area contributed by atoms with Gasteiger partial charge in [0.2, 0.25) is 0 Å². The van der Waals surface area contributed by atoms with E-state index in [0.29, 0.717) is 17.9 Å². The third-order valence-corrected chi connectivity index (χ3v) is 4.49. The van der Waals surface area contributed by atoms with Gasteiger partial charge in [-0.3, -0.25) is 0 Å². The minimum Gasteiger partial charge on any atom is -0.495 e. The Balaban J connectivity index is 2.53. The molecule has 0 fully saturated rings. The van der Waals surface area contributed by atoms with Gasteiger partial charge in [0.25, 0.3) is 0 Å². The summed E-state index contributed by atoms with van der Waals surface area (Å²) in [5.41, 5.74) is 5.45. The Labute approximate surface area is 170 Å². The summed E-state index contributed by atoms with van der Waals surface area (Å²) in [6.45, 7) is 9.32. The Morgan fingerprint density at radius 3 is 2.21 bits per heavy atom. The number of esters is 1. The van der Waals surface area contributed by atoms with Crippen LogP contribution in [-0.2, 0) is 4.74 Å². The standard InChI is InChI=1S/C24H35NO3/c1-18(2)9-7-10-19(3)11-8-12-20(4)15-16-25-22-17-21(24(26)28-6)13-14-23(22)27-5/h9,11,13-15,17,25H,7-8,10,12,16H2,1-6H3/b19-11+,20-15+. The summed E-state index contributed by atoms with van der Waals surface area (Å²) in [7, 11) is 3.00. The molecule has 4 heteroatoms. The number of hydrogen-bond acceptors (Lipinski definition) is 4. The molecule has 0 atom stereocenters. The normalized spacial score (nSPS) is 11.8. The Hall–Kier alpha value is -2.49. The van der Waals surface area contributed by atoms with Crippen LogP contribution in [0.2, 0.25) is 0 Å². The van der Waals surface area contributed by atoms with E-state index in [4.69, 9.17) is 9.47 Å². The third kappa shape index (κ3) is 8.94. The number of nitrogens with one attached hydrogen (secondary N) is 1. The fraction of sp³-hybridized carbons (Fsp3) is 0.458. The molecule has 1 aromatic carbocycles. The van der Waals surface area contributed by atoms with Crippen molar-refractivity contribution in [2.75, 3.05) is 26.1 Å². The van der Waals surface area contributed by atoms with Gasteiger partial charge in [-0.15, -0.1) is 0 Å². The van der Waals surface area contributed by atoms with Crippen LogP contribution in [0.4, 0.5) is 5.69 Å². The topological polar surface area (TPSA) is 47.6 Å². The van der Waals surface area contributed by atoms with Crippen molar-refractivity contribution in [3.05, 3.63) is 58.7 Å². The fourth-order valence-corrected chi connectivity index (χ4v) is 2.77. The fourth-order valence-electron chi connectivity index (χ4n) is 2.77. The first-order valence-electron chi connectivity index (χ1n) is 9.82. The van der Waals surface area contributed by atoms with Crippen LogP contribution in [0.5, 0.6) is 5.75 Å². The number of allylic oxidation sites excluding steroid dienone is 5. The first-order chi connectivity index (χ1) is 13.4. The van der Waals surface area contributed by atoms with Crippen LogP contribution >= 0.6 is 0 Å². The SMILES string of the molecule is COC(=O)c1ccc(OC)c(NC/C=C(\C)CC/C=C(\C)CCC=C(C)C)c1. The van der Waals surface area contributed by atoms with Gasteiger partial charge in [0, 0.05) is 6.54 Å². The third-order valence-electron chi connectivity index (χ3n) is 4.49. The van der Waals surface area contributed by atoms with Gasteiger partial charge in [-0.25, -0.2) is 4.79 Å². The number of anilines is 1. The Bertz CT molecular complexity index is 725. The summed E-state index contributed by atoms with van der Waals surface area (Å²) >= 11 is 0. The predicted molar refractivity (Wildman–Crippen MR) is 118 cm³/mol. The second-order valence-corrected chi connectivity index (χ2v) is 7.25. The number of carbonyl (C=O) groups is 1. The summed E-state index contributed by atoms with van der Waals surface area (Å²) < 4.78 is 10.1. The van der Waals surface area contributed by atoms with Crippen molar-refractivity contribution in [3.8, 4) is 5.75 Å². The Morgan fingerprint density at radius 1 is 0.964 bits per heavy atom. The zero-order valence-electron chi connectivity index (χ0n) is 18.2. The van der Waals surface area contributed by atoms with Crippen molar-refractivity contribution in [2.24, 2.45) is 0 Å². The van der Waals surface area contributed by atoms with E-state index < -0.39 is 0 Å². The lowest BCUT2D eigenvalue weighted by molar-refractivity contribution is 0.0600. The van der Waals surface area contributed by atoms with Gasteiger partial charge in [-0.05, 0) is 71.6 Å². The van der Waals surface area contributed by atoms with Gasteiger partial charge >= 0.3 is 5.97 Å². The van der Waals surface area contributed by atoms with E-state index in [-0.39, 0.29) is 5.97 Å². The number of benzene rings is 1. The van der Waals surface area contributed by atoms with Crippen LogP contribution < -0.4 is 10.1 Å². The molecule has 0 unspecified atom stereocenters. The van der Waals surface area contributed by atoms with Crippen LogP contribution in [0.15, 0.2) is 53.1 Å². The van der Waals surface area contributed by atoms with Gasteiger partial charge in [-0.2, -0.15) is 0 Å². The number of ether oxygens (including phenoxy) is 2. The molecule has 1 N–H and O–H groups in total. The van der Waals surface area contributed by atoms with Crippen molar-refractivity contribution in [3.63, 3.8) is 0 Å². The molecule has 0 spiro atoms. The average Bonchev–Trinajstić information content (AvgIpc) is 2.67. The van der Waals surface area contributed by atoms with Gasteiger partial charge in [0.1, 0.15) is 5.75 Å². The molecule has 0 heterocycles. The van der Waals surface area contributed by atoms with Crippen molar-refractivity contribution >= 4 is 11.7 Å². The zero-order valence-corrected chi connectivity index (χ0v) is 18.2. The van der Waals surface area contributed by atoms with Gasteiger partial charge in [0.05, 0.1) is 25.5 Å². The number of rotatable bonds is 11. The molecule has 0 bridgehead atoms. The lowest BCUT2D eigenvalue weighted by atomic mass is 10.1. The van der Waals surface area contributed by atoms with Gasteiger partial charge in [0.15, 0.2) is 0 Å². The number of hydrogen-bond donors (Lipinski definition) is 1. The molecule has 0 aliphatic rings. The zero-order chi connectivity index (χ0) is 20.9. The smallest absolute Gasteiger partial charge is 0.337 e. The Kier molecular flexibility index (Phi) is 10.8. The lowest BCUT2D eigenvalue weighted by Gasteiger charge is -2.11. The molecule has 4 nitrogen and oxygen atoms in total. The predicted octanol–water partition coefficient (Wildman–Crippen LogP) is 6.31. The molecule has 1 rings (SSSR count). The summed E-state index contributed by atoms with van der Waals surface area (Å²) in [6, 6.07) is 5.23. The molecule has 0 aromatic heterocycles. The minimum absolute atomic E-state index is 0.357. The molecule has 1 aromatic rings. The first kappa shape index (κ1) is 23.5. The van der Waals surface area contributed by atoms with Gasteiger partial charge in [-0.1, -0.05) is 34.9 Å². The maximum Gasteiger partial charge on any atom is 0.337 e. The second-order valence-electron chi connectivity index (χ2n) is 7.25. The van der Waals surface area contributed by atoms with Crippen molar-refractivity contribution < 1.29 is 14.3 Å². The summed E-state index contributed by atoms with van der Waals surface area (Å²) in [4.78, 5) is 11.7. The largest absolute Gasteiger partial charge is 0.495 e. The molecule has 154 valence electrons. The van der Waals surface area contributed by atoms with Crippen LogP contribution in [0, 0.1) is 0 Å². The molecule has 0 saturated heterocycles. The van der Waals surface area contributed by atoms with E-state index in [0.717, 1.165) is 31.4 Å². The minimum atomic E-state index is -0.357. The van der Waals surface area contributed by atoms with E-state index in [1.165, 1.54) is 23.8 Å². The quantitative estimate of drug-likeness (QED) is 0.358. The molecular formula is C24H35NO3. The summed E-state index contributed by atoms with van der Waals surface area (Å²) in [6.07, 6.45) is 11.2. The number of carbonyl (C=O) groups excluding carboxylic acids is 1. The first-order valence-corrected chi connectivity index (χ1v) is 9.82. The highest BCUT2D eigenvalue weighted by Crippen LogP contribution is 2.25. The lowest BCUT2D eigenvalue weighted by Crippen LogP contribution is -2.05. The van der Waals surface area contributed by atoms with Crippen LogP contribution in [-0.4, -0.2) is 26.7 Å². The highest BCUT2D eigenvalue weighted by Gasteiger charge is 2.09. The van der Waals surface area contributed by atoms with Crippen LogP contribution in [0.25, 0.3) is 0 Å². The van der Waals surface area contributed by atoms with Crippen molar-refractivity contribution in [1.82, 2.24) is 0 Å². The molecule has 28 heavy (non-hydrogen) atoms. The van der Waals surface area contributed by atoms with E-state index in [9.17, 15) is 4.79 Å². The molecular weight excluding hydrogens is 350 g/mol. The average molecular weight is 386 g/mol. The van der Waals surface area contributed by atoms with E-state index in [2.05, 4.69) is 51.2 Å². The highest BCUT2D eigenvalue weighted by atomic mass is 16.5. The Morgan fingerprint density at radius 2 is 1.61 bits per heavy atom. The molecule has 0 aliphatic carbocycles. The maximum atomic E-state index is 11.7. The van der Waals surface area contributed by atoms with E-state index in [1.807, 2.05) is 0 Å². The van der Waals surface area contributed by atoms with Crippen molar-refractivity contribution in [1.29, 1.82) is 0 Å². The van der Waals surface area contributed by atoms with E-state index in [1.54, 1.807) is 25.3 Å². The summed E-state index contributed by atoms with van der Waals surface area (Å²) in [5, 5.41) is 3.32. The molecule has 0 saturated carbocycles. The van der Waals surface area contributed by atoms with Crippen LogP contribution in [0.3, 0.4) is 0 Å². The summed E-state index contributed by atoms with van der Waals surface area (Å²) in [5.74, 6) is 0.345. The van der Waals surface area contributed by atoms with Crippen molar-refractivity contribution in [2.45, 2.75) is 53.4 Å². The molecule has 0 aliphatic heterocycles. The van der Waals surface area contributed by atoms with Crippen LogP contribution in [0.1, 0.15) is 63.7 Å². The van der Waals surface area contributed by atoms with E-state index >= 15 is 0 Å². The highest BCUT2D eigenvalue weighted by molar-refractivity contribution is 5.91. The van der Waals surface area contributed by atoms with Gasteiger partial charge < -0.3 is 14.8 Å². The second kappa shape index (κ2) is 12.8. The molecule has 0 amide bonds.